The zero-order chi connectivity index (χ0) is 43.8. The minimum atomic E-state index is -0.175. The van der Waals surface area contributed by atoms with E-state index in [0.717, 1.165) is 111 Å². The zero-order valence-corrected chi connectivity index (χ0v) is 37.3. The van der Waals surface area contributed by atoms with E-state index in [9.17, 15) is 14.4 Å². The van der Waals surface area contributed by atoms with Crippen molar-refractivity contribution in [1.29, 1.82) is 0 Å². The summed E-state index contributed by atoms with van der Waals surface area (Å²) in [5, 5.41) is 10.6. The molecule has 2 aliphatic carbocycles. The highest BCUT2D eigenvalue weighted by molar-refractivity contribution is 5.74. The predicted molar refractivity (Wildman–Crippen MR) is 245 cm³/mol. The Bertz CT molecular complexity index is 1930. The largest absolute Gasteiger partial charge is 0.463 e. The number of nitrogens with zero attached hydrogens (tertiary/aromatic N) is 3. The van der Waals surface area contributed by atoms with Gasteiger partial charge in [0.05, 0.1) is 35.9 Å². The molecule has 0 radical (unpaired) electrons. The van der Waals surface area contributed by atoms with Crippen LogP contribution in [0.25, 0.3) is 34.2 Å². The van der Waals surface area contributed by atoms with Crippen molar-refractivity contribution in [1.82, 2.24) is 15.0 Å². The van der Waals surface area contributed by atoms with Gasteiger partial charge in [-0.05, 0) is 124 Å². The number of hydrogen-bond donors (Lipinski definition) is 3. The molecule has 4 aromatic rings. The molecule has 62 heavy (non-hydrogen) atoms. The van der Waals surface area contributed by atoms with Crippen LogP contribution >= 0.6 is 0 Å². The van der Waals surface area contributed by atoms with E-state index in [0.29, 0.717) is 37.3 Å². The first-order valence-electron chi connectivity index (χ1n) is 23.0. The van der Waals surface area contributed by atoms with Crippen LogP contribution in [0.2, 0.25) is 0 Å². The van der Waals surface area contributed by atoms with Crippen LogP contribution in [0.4, 0.5) is 17.1 Å². The monoisotopic (exact) mass is 847 g/mol. The van der Waals surface area contributed by atoms with Crippen LogP contribution in [-0.2, 0) is 28.6 Å². The van der Waals surface area contributed by atoms with Gasteiger partial charge in [0.1, 0.15) is 19.8 Å². The lowest BCUT2D eigenvalue weighted by Gasteiger charge is -2.20. The molecule has 0 amide bonds. The number of hydrogen-bond acceptors (Lipinski definition) is 12. The molecule has 2 fully saturated rings. The van der Waals surface area contributed by atoms with Crippen LogP contribution < -0.4 is 16.0 Å². The van der Waals surface area contributed by atoms with Crippen molar-refractivity contribution in [2.45, 2.75) is 130 Å². The molecular formula is C50H66N6O6. The Labute approximate surface area is 367 Å². The van der Waals surface area contributed by atoms with Gasteiger partial charge in [0.2, 0.25) is 0 Å². The van der Waals surface area contributed by atoms with E-state index in [4.69, 9.17) is 29.2 Å². The van der Waals surface area contributed by atoms with E-state index in [-0.39, 0.29) is 53.8 Å². The Hall–Kier alpha value is -5.52. The van der Waals surface area contributed by atoms with Gasteiger partial charge in [0.25, 0.3) is 0 Å². The highest BCUT2D eigenvalue weighted by atomic mass is 16.5. The van der Waals surface area contributed by atoms with E-state index in [2.05, 4.69) is 36.7 Å². The average molecular weight is 847 g/mol. The summed E-state index contributed by atoms with van der Waals surface area (Å²) in [4.78, 5) is 52.4. The summed E-state index contributed by atoms with van der Waals surface area (Å²) in [6.45, 7) is 11.0. The standard InChI is InChI=1S/C50H66N6O6/c1-6-33(5)48(57)60-30-39(7-2)51-42-24-18-34(19-25-42)45-54-46(35-20-26-43(27-21-35)52-40(8-3)31-61-49(58)37-14-10-11-15-37)56-47(55-45)36-22-28-44(29-23-36)53-41(9-4)32-62-50(59)38-16-12-13-17-38/h18-29,33,37-41,51-53H,6-17,30-32H2,1-5H3. The Kier molecular flexibility index (Phi) is 17.1. The summed E-state index contributed by atoms with van der Waals surface area (Å²) in [7, 11) is 0. The van der Waals surface area contributed by atoms with Gasteiger partial charge >= 0.3 is 17.9 Å². The third-order valence-corrected chi connectivity index (χ3v) is 12.3. The van der Waals surface area contributed by atoms with E-state index >= 15 is 0 Å². The maximum Gasteiger partial charge on any atom is 0.309 e. The quantitative estimate of drug-likeness (QED) is 0.0509. The number of nitrogens with one attached hydrogen (secondary N) is 3. The molecule has 4 unspecified atom stereocenters. The molecule has 6 rings (SSSR count). The number of benzene rings is 3. The third kappa shape index (κ3) is 13.0. The summed E-state index contributed by atoms with van der Waals surface area (Å²) in [5.74, 6) is 1.20. The maximum atomic E-state index is 12.6. The first kappa shape index (κ1) is 46.0. The minimum Gasteiger partial charge on any atom is -0.463 e. The molecule has 2 aliphatic rings. The van der Waals surface area contributed by atoms with Gasteiger partial charge in [-0.1, -0.05) is 60.3 Å². The van der Waals surface area contributed by atoms with Crippen LogP contribution in [0.3, 0.4) is 0 Å². The maximum absolute atomic E-state index is 12.6. The summed E-state index contributed by atoms with van der Waals surface area (Å²) < 4.78 is 17.0. The van der Waals surface area contributed by atoms with E-state index in [1.807, 2.05) is 86.6 Å². The highest BCUT2D eigenvalue weighted by Gasteiger charge is 2.26. The number of esters is 3. The fourth-order valence-electron chi connectivity index (χ4n) is 7.82. The van der Waals surface area contributed by atoms with Crippen LogP contribution in [-0.4, -0.2) is 70.8 Å². The average Bonchev–Trinajstić information content (AvgIpc) is 4.07. The lowest BCUT2D eigenvalue weighted by atomic mass is 10.1. The Morgan fingerprint density at radius 3 is 1.10 bits per heavy atom. The minimum absolute atomic E-state index is 0.0107. The predicted octanol–water partition coefficient (Wildman–Crippen LogP) is 10.5. The van der Waals surface area contributed by atoms with Crippen LogP contribution in [0.5, 0.6) is 0 Å². The molecule has 3 N–H and O–H groups in total. The molecule has 3 aromatic carbocycles. The molecule has 12 nitrogen and oxygen atoms in total. The summed E-state index contributed by atoms with van der Waals surface area (Å²) in [6.07, 6.45) is 11.2. The Morgan fingerprint density at radius 2 is 0.806 bits per heavy atom. The Balaban J connectivity index is 1.19. The smallest absolute Gasteiger partial charge is 0.309 e. The summed E-state index contributed by atoms with van der Waals surface area (Å²) >= 11 is 0. The van der Waals surface area contributed by atoms with Crippen LogP contribution in [0.1, 0.15) is 112 Å². The molecule has 12 heteroatoms. The number of carbonyl (C=O) groups excluding carboxylic acids is 3. The fraction of sp³-hybridized carbons (Fsp3) is 0.520. The first-order valence-corrected chi connectivity index (χ1v) is 23.0. The van der Waals surface area contributed by atoms with E-state index in [1.165, 1.54) is 0 Å². The molecule has 0 aliphatic heterocycles. The van der Waals surface area contributed by atoms with Crippen molar-refractivity contribution in [2.24, 2.45) is 17.8 Å². The number of ether oxygens (including phenoxy) is 3. The molecule has 2 saturated carbocycles. The van der Waals surface area contributed by atoms with Gasteiger partial charge in [0, 0.05) is 33.8 Å². The number of aromatic nitrogens is 3. The van der Waals surface area contributed by atoms with Gasteiger partial charge in [-0.15, -0.1) is 0 Å². The molecule has 0 saturated heterocycles. The number of carbonyl (C=O) groups is 3. The summed E-state index contributed by atoms with van der Waals surface area (Å²) in [5.41, 5.74) is 5.21. The van der Waals surface area contributed by atoms with Crippen molar-refractivity contribution in [3.63, 3.8) is 0 Å². The molecule has 1 aromatic heterocycles. The normalized spacial score (nSPS) is 16.2. The fourth-order valence-corrected chi connectivity index (χ4v) is 7.82. The lowest BCUT2D eigenvalue weighted by molar-refractivity contribution is -0.149. The molecule has 1 heterocycles. The topological polar surface area (TPSA) is 154 Å². The first-order chi connectivity index (χ1) is 30.2. The molecule has 0 bridgehead atoms. The lowest BCUT2D eigenvalue weighted by Crippen LogP contribution is -2.28. The second-order valence-electron chi connectivity index (χ2n) is 16.9. The number of rotatable bonds is 22. The zero-order valence-electron chi connectivity index (χ0n) is 37.3. The van der Waals surface area contributed by atoms with Crippen molar-refractivity contribution in [3.8, 4) is 34.2 Å². The van der Waals surface area contributed by atoms with E-state index < -0.39 is 0 Å². The van der Waals surface area contributed by atoms with Gasteiger partial charge in [-0.3, -0.25) is 14.4 Å². The van der Waals surface area contributed by atoms with E-state index in [1.54, 1.807) is 0 Å². The summed E-state index contributed by atoms with van der Waals surface area (Å²) in [6, 6.07) is 23.9. The van der Waals surface area contributed by atoms with Crippen LogP contribution in [0.15, 0.2) is 72.8 Å². The Morgan fingerprint density at radius 1 is 0.500 bits per heavy atom. The number of anilines is 3. The molecule has 332 valence electrons. The van der Waals surface area contributed by atoms with Crippen LogP contribution in [0, 0.1) is 17.8 Å². The van der Waals surface area contributed by atoms with Gasteiger partial charge < -0.3 is 30.2 Å². The van der Waals surface area contributed by atoms with Crippen molar-refractivity contribution >= 4 is 35.0 Å². The second kappa shape index (κ2) is 23.1. The van der Waals surface area contributed by atoms with Crippen molar-refractivity contribution < 1.29 is 28.6 Å². The van der Waals surface area contributed by atoms with Crippen molar-refractivity contribution in [3.05, 3.63) is 72.8 Å². The third-order valence-electron chi connectivity index (χ3n) is 12.3. The second-order valence-corrected chi connectivity index (χ2v) is 16.9. The van der Waals surface area contributed by atoms with Crippen molar-refractivity contribution in [2.75, 3.05) is 35.8 Å². The molecular weight excluding hydrogens is 781 g/mol. The molecule has 4 atom stereocenters. The molecule has 0 spiro atoms. The van der Waals surface area contributed by atoms with Gasteiger partial charge in [0.15, 0.2) is 17.5 Å². The van der Waals surface area contributed by atoms with Gasteiger partial charge in [-0.25, -0.2) is 15.0 Å². The van der Waals surface area contributed by atoms with Gasteiger partial charge in [-0.2, -0.15) is 0 Å². The highest BCUT2D eigenvalue weighted by Crippen LogP contribution is 2.30. The SMILES string of the molecule is CCC(COC(=O)C(C)CC)Nc1ccc(-c2nc(-c3ccc(NC(CC)COC(=O)C4CCCC4)cc3)nc(-c3ccc(NC(CC)COC(=O)C4CCCC4)cc3)n2)cc1.